The molecule has 0 aromatic heterocycles. The molecule has 0 unspecified atom stereocenters. The lowest BCUT2D eigenvalue weighted by atomic mass is 9.96. The Kier molecular flexibility index (Phi) is 3.08. The third-order valence-electron chi connectivity index (χ3n) is 3.12. The van der Waals surface area contributed by atoms with Crippen molar-refractivity contribution in [2.24, 2.45) is 0 Å². The van der Waals surface area contributed by atoms with E-state index in [0.717, 1.165) is 16.1 Å². The van der Waals surface area contributed by atoms with E-state index in [1.165, 1.54) is 0 Å². The van der Waals surface area contributed by atoms with Crippen molar-refractivity contribution < 1.29 is 9.47 Å². The van der Waals surface area contributed by atoms with Crippen LogP contribution in [0.2, 0.25) is 5.02 Å². The summed E-state index contributed by atoms with van der Waals surface area (Å²) in [5, 5.41) is 0.732. The average molecular weight is 261 g/mol. The molecular formula is C15H13ClO2. The summed E-state index contributed by atoms with van der Waals surface area (Å²) < 4.78 is 11.4. The molecule has 1 saturated heterocycles. The summed E-state index contributed by atoms with van der Waals surface area (Å²) in [6, 6.07) is 17.8. The molecule has 1 heterocycles. The molecule has 2 aromatic carbocycles. The summed E-state index contributed by atoms with van der Waals surface area (Å²) in [4.78, 5) is 0. The van der Waals surface area contributed by atoms with E-state index in [1.807, 2.05) is 54.6 Å². The van der Waals surface area contributed by atoms with E-state index in [1.54, 1.807) is 0 Å². The molecule has 0 spiro atoms. The van der Waals surface area contributed by atoms with E-state index < -0.39 is 5.79 Å². The van der Waals surface area contributed by atoms with Gasteiger partial charge in [-0.15, -0.1) is 0 Å². The van der Waals surface area contributed by atoms with Crippen LogP contribution >= 0.6 is 11.6 Å². The first-order valence-corrected chi connectivity index (χ1v) is 6.24. The maximum absolute atomic E-state index is 6.00. The topological polar surface area (TPSA) is 18.5 Å². The Morgan fingerprint density at radius 1 is 1.00 bits per heavy atom. The fourth-order valence-electron chi connectivity index (χ4n) is 2.18. The van der Waals surface area contributed by atoms with Crippen molar-refractivity contribution >= 4 is 11.6 Å². The summed E-state index contributed by atoms with van der Waals surface area (Å²) in [5.74, 6) is -0.647. The van der Waals surface area contributed by atoms with Crippen LogP contribution in [0.25, 0.3) is 0 Å². The lowest BCUT2D eigenvalue weighted by Gasteiger charge is -2.42. The predicted molar refractivity (Wildman–Crippen MR) is 70.3 cm³/mol. The molecule has 0 N–H and O–H groups in total. The van der Waals surface area contributed by atoms with E-state index in [0.29, 0.717) is 13.2 Å². The van der Waals surface area contributed by atoms with Gasteiger partial charge in [0.2, 0.25) is 5.79 Å². The zero-order chi connectivity index (χ0) is 12.4. The van der Waals surface area contributed by atoms with Gasteiger partial charge in [0.1, 0.15) is 0 Å². The quantitative estimate of drug-likeness (QED) is 0.837. The third-order valence-corrected chi connectivity index (χ3v) is 3.36. The van der Waals surface area contributed by atoms with Gasteiger partial charge in [0.15, 0.2) is 6.79 Å². The van der Waals surface area contributed by atoms with Gasteiger partial charge in [0.05, 0.1) is 0 Å². The van der Waals surface area contributed by atoms with E-state index in [4.69, 9.17) is 21.1 Å². The van der Waals surface area contributed by atoms with Gasteiger partial charge in [-0.25, -0.2) is 0 Å². The molecule has 0 saturated carbocycles. The molecule has 0 amide bonds. The number of benzene rings is 2. The van der Waals surface area contributed by atoms with Crippen LogP contribution in [0.5, 0.6) is 0 Å². The average Bonchev–Trinajstić information content (AvgIpc) is 2.35. The van der Waals surface area contributed by atoms with Crippen molar-refractivity contribution in [1.82, 2.24) is 0 Å². The highest BCUT2D eigenvalue weighted by atomic mass is 35.5. The zero-order valence-electron chi connectivity index (χ0n) is 9.80. The highest BCUT2D eigenvalue weighted by Crippen LogP contribution is 2.38. The molecule has 0 radical (unpaired) electrons. The van der Waals surface area contributed by atoms with E-state index in [-0.39, 0.29) is 0 Å². The molecular weight excluding hydrogens is 248 g/mol. The molecule has 0 aliphatic carbocycles. The van der Waals surface area contributed by atoms with Gasteiger partial charge in [0, 0.05) is 17.0 Å². The second-order valence-corrected chi connectivity index (χ2v) is 4.77. The van der Waals surface area contributed by atoms with Gasteiger partial charge in [-0.2, -0.15) is 0 Å². The van der Waals surface area contributed by atoms with Crippen LogP contribution in [0.15, 0.2) is 54.6 Å². The predicted octanol–water partition coefficient (Wildman–Crippen LogP) is 3.74. The van der Waals surface area contributed by atoms with Gasteiger partial charge in [-0.3, -0.25) is 0 Å². The molecule has 1 fully saturated rings. The maximum Gasteiger partial charge on any atom is 0.203 e. The lowest BCUT2D eigenvalue weighted by molar-refractivity contribution is -0.408. The van der Waals surface area contributed by atoms with Crippen LogP contribution < -0.4 is 0 Å². The second kappa shape index (κ2) is 4.73. The standard InChI is InChI=1S/C15H13ClO2/c16-14-8-4-5-12(9-14)10-15(17-11-18-15)13-6-2-1-3-7-13/h1-9H,10-11H2. The number of rotatable bonds is 3. The minimum Gasteiger partial charge on any atom is -0.319 e. The number of hydrogen-bond acceptors (Lipinski definition) is 2. The Bertz CT molecular complexity index is 535. The van der Waals surface area contributed by atoms with Gasteiger partial charge in [-0.05, 0) is 17.7 Å². The van der Waals surface area contributed by atoms with E-state index in [2.05, 4.69) is 0 Å². The van der Waals surface area contributed by atoms with E-state index >= 15 is 0 Å². The second-order valence-electron chi connectivity index (χ2n) is 4.33. The molecule has 0 atom stereocenters. The van der Waals surface area contributed by atoms with Crippen molar-refractivity contribution in [2.45, 2.75) is 12.2 Å². The molecule has 0 bridgehead atoms. The molecule has 92 valence electrons. The summed E-state index contributed by atoms with van der Waals surface area (Å²) in [6.07, 6.45) is 0.664. The fourth-order valence-corrected chi connectivity index (χ4v) is 2.39. The van der Waals surface area contributed by atoms with Crippen LogP contribution in [0.4, 0.5) is 0 Å². The fraction of sp³-hybridized carbons (Fsp3) is 0.200. The van der Waals surface area contributed by atoms with Crippen LogP contribution in [0, 0.1) is 0 Å². The monoisotopic (exact) mass is 260 g/mol. The van der Waals surface area contributed by atoms with Crippen LogP contribution in [-0.2, 0) is 21.7 Å². The summed E-state index contributed by atoms with van der Waals surface area (Å²) in [7, 11) is 0. The molecule has 2 aromatic rings. The Morgan fingerprint density at radius 3 is 2.39 bits per heavy atom. The van der Waals surface area contributed by atoms with Gasteiger partial charge in [0.25, 0.3) is 0 Å². The first kappa shape index (κ1) is 11.7. The molecule has 1 aliphatic heterocycles. The summed E-state index contributed by atoms with van der Waals surface area (Å²) in [5.41, 5.74) is 2.14. The maximum atomic E-state index is 6.00. The highest BCUT2D eigenvalue weighted by Gasteiger charge is 2.41. The van der Waals surface area contributed by atoms with Gasteiger partial charge in [-0.1, -0.05) is 54.1 Å². The number of ether oxygens (including phenoxy) is 2. The Labute approximate surface area is 111 Å². The largest absolute Gasteiger partial charge is 0.319 e. The Balaban J connectivity index is 1.89. The molecule has 1 aliphatic rings. The van der Waals surface area contributed by atoms with Crippen LogP contribution in [-0.4, -0.2) is 6.79 Å². The first-order valence-electron chi connectivity index (χ1n) is 5.86. The van der Waals surface area contributed by atoms with Crippen LogP contribution in [0.1, 0.15) is 11.1 Å². The van der Waals surface area contributed by atoms with Crippen molar-refractivity contribution in [2.75, 3.05) is 6.79 Å². The van der Waals surface area contributed by atoms with E-state index in [9.17, 15) is 0 Å². The summed E-state index contributed by atoms with van der Waals surface area (Å²) in [6.45, 7) is 0.343. The van der Waals surface area contributed by atoms with Crippen molar-refractivity contribution in [3.8, 4) is 0 Å². The molecule has 2 nitrogen and oxygen atoms in total. The number of halogens is 1. The normalized spacial score (nSPS) is 17.2. The van der Waals surface area contributed by atoms with Crippen molar-refractivity contribution in [3.05, 3.63) is 70.7 Å². The molecule has 3 rings (SSSR count). The van der Waals surface area contributed by atoms with Gasteiger partial charge < -0.3 is 9.47 Å². The van der Waals surface area contributed by atoms with Crippen molar-refractivity contribution in [1.29, 1.82) is 0 Å². The lowest BCUT2D eigenvalue weighted by Crippen LogP contribution is -2.45. The third kappa shape index (κ3) is 2.15. The van der Waals surface area contributed by atoms with Crippen LogP contribution in [0.3, 0.4) is 0 Å². The molecule has 3 heteroatoms. The minimum atomic E-state index is -0.647. The highest BCUT2D eigenvalue weighted by molar-refractivity contribution is 6.30. The minimum absolute atomic E-state index is 0.343. The summed E-state index contributed by atoms with van der Waals surface area (Å²) >= 11 is 6.00. The van der Waals surface area contributed by atoms with Crippen molar-refractivity contribution in [3.63, 3.8) is 0 Å². The zero-order valence-corrected chi connectivity index (χ0v) is 10.6. The SMILES string of the molecule is Clc1cccc(CC2(c3ccccc3)OCO2)c1. The number of hydrogen-bond donors (Lipinski definition) is 0. The Hall–Kier alpha value is -1.35. The first-order chi connectivity index (χ1) is 8.78. The van der Waals surface area contributed by atoms with Gasteiger partial charge >= 0.3 is 0 Å². The smallest absolute Gasteiger partial charge is 0.203 e. The molecule has 18 heavy (non-hydrogen) atoms. The Morgan fingerprint density at radius 2 is 1.78 bits per heavy atom.